The summed E-state index contributed by atoms with van der Waals surface area (Å²) in [5.41, 5.74) is 1.22. The first-order valence-electron chi connectivity index (χ1n) is 3.36. The lowest BCUT2D eigenvalue weighted by Crippen LogP contribution is -1.91. The van der Waals surface area contributed by atoms with Crippen LogP contribution in [0.1, 0.15) is 15.9 Å². The van der Waals surface area contributed by atoms with Gasteiger partial charge in [-0.25, -0.2) is 0 Å². The molecule has 2 nitrogen and oxygen atoms in total. The first kappa shape index (κ1) is 8.82. The molecule has 0 aliphatic rings. The molecule has 0 atom stereocenters. The van der Waals surface area contributed by atoms with Crippen LogP contribution >= 0.6 is 11.8 Å². The van der Waals surface area contributed by atoms with Crippen LogP contribution in [-0.2, 0) is 0 Å². The average Bonchev–Trinajstić information content (AvgIpc) is 2.17. The molecule has 12 heavy (non-hydrogen) atoms. The third-order valence-electron chi connectivity index (χ3n) is 1.44. The zero-order valence-corrected chi connectivity index (χ0v) is 7.39. The predicted octanol–water partition coefficient (Wildman–Crippen LogP) is 2.06. The fourth-order valence-corrected chi connectivity index (χ4v) is 1.17. The first-order valence-corrected chi connectivity index (χ1v) is 4.59. The monoisotopic (exact) mass is 177 g/mol. The Hall–Kier alpha value is -1.27. The number of hydrogen-bond acceptors (Lipinski definition) is 3. The minimum Gasteiger partial charge on any atom is -0.282 e. The fraction of sp³-hybridized carbons (Fsp3) is 0.111. The Bertz CT molecular complexity index is 323. The topological polar surface area (TPSA) is 40.9 Å². The normalized spacial score (nSPS) is 9.00. The number of nitriles is 1. The summed E-state index contributed by atoms with van der Waals surface area (Å²) in [5.74, 6) is 0. The molecule has 0 saturated heterocycles. The highest BCUT2D eigenvalue weighted by molar-refractivity contribution is 8.13. The maximum Gasteiger partial charge on any atom is 0.219 e. The molecular formula is C9H7NOS. The van der Waals surface area contributed by atoms with Gasteiger partial charge in [-0.1, -0.05) is 11.8 Å². The summed E-state index contributed by atoms with van der Waals surface area (Å²) in [6, 6.07) is 8.61. The zero-order valence-electron chi connectivity index (χ0n) is 6.57. The van der Waals surface area contributed by atoms with Crippen molar-refractivity contribution in [2.45, 2.75) is 0 Å². The Balaban J connectivity index is 2.94. The lowest BCUT2D eigenvalue weighted by molar-refractivity contribution is 0.108. The van der Waals surface area contributed by atoms with Crippen LogP contribution < -0.4 is 0 Å². The van der Waals surface area contributed by atoms with E-state index < -0.39 is 0 Å². The molecule has 1 rings (SSSR count). The van der Waals surface area contributed by atoms with Gasteiger partial charge in [0.05, 0.1) is 11.6 Å². The second-order valence-electron chi connectivity index (χ2n) is 2.18. The molecule has 0 N–H and O–H groups in total. The molecule has 1 aromatic rings. The number of carbonyl (C=O) groups excluding carboxylic acids is 1. The van der Waals surface area contributed by atoms with Gasteiger partial charge in [0.2, 0.25) is 5.12 Å². The third-order valence-corrected chi connectivity index (χ3v) is 2.04. The van der Waals surface area contributed by atoms with Crippen molar-refractivity contribution in [2.24, 2.45) is 0 Å². The average molecular weight is 177 g/mol. The molecule has 0 bridgehead atoms. The fourth-order valence-electron chi connectivity index (χ4n) is 0.799. The Labute approximate surface area is 75.2 Å². The number of benzene rings is 1. The van der Waals surface area contributed by atoms with Gasteiger partial charge in [-0.2, -0.15) is 5.26 Å². The quantitative estimate of drug-likeness (QED) is 0.659. The Morgan fingerprint density at radius 1 is 1.42 bits per heavy atom. The van der Waals surface area contributed by atoms with Gasteiger partial charge in [0.25, 0.3) is 0 Å². The minimum atomic E-state index is 0.0273. The summed E-state index contributed by atoms with van der Waals surface area (Å²) in [6.07, 6.45) is 1.74. The van der Waals surface area contributed by atoms with Crippen LogP contribution in [0.25, 0.3) is 0 Å². The first-order chi connectivity index (χ1) is 5.77. The highest BCUT2D eigenvalue weighted by atomic mass is 32.2. The van der Waals surface area contributed by atoms with Crippen LogP contribution in [0, 0.1) is 11.3 Å². The van der Waals surface area contributed by atoms with Gasteiger partial charge in [0.1, 0.15) is 0 Å². The summed E-state index contributed by atoms with van der Waals surface area (Å²) >= 11 is 1.17. The summed E-state index contributed by atoms with van der Waals surface area (Å²) in [7, 11) is 0. The molecule has 0 saturated carbocycles. The van der Waals surface area contributed by atoms with Gasteiger partial charge in [0, 0.05) is 5.56 Å². The molecule has 0 amide bonds. The van der Waals surface area contributed by atoms with E-state index in [-0.39, 0.29) is 5.12 Å². The number of carbonyl (C=O) groups is 1. The molecule has 0 aromatic heterocycles. The maximum atomic E-state index is 11.1. The van der Waals surface area contributed by atoms with E-state index in [4.69, 9.17) is 5.26 Å². The molecule has 60 valence electrons. The molecular weight excluding hydrogens is 170 g/mol. The van der Waals surface area contributed by atoms with Crippen molar-refractivity contribution >= 4 is 16.9 Å². The van der Waals surface area contributed by atoms with Crippen molar-refractivity contribution in [1.29, 1.82) is 5.26 Å². The molecule has 0 unspecified atom stereocenters. The van der Waals surface area contributed by atoms with Crippen molar-refractivity contribution < 1.29 is 4.79 Å². The van der Waals surface area contributed by atoms with Crippen LogP contribution in [0.2, 0.25) is 0 Å². The second kappa shape index (κ2) is 3.93. The van der Waals surface area contributed by atoms with E-state index in [1.54, 1.807) is 30.5 Å². The maximum absolute atomic E-state index is 11.1. The van der Waals surface area contributed by atoms with Gasteiger partial charge in [-0.15, -0.1) is 0 Å². The van der Waals surface area contributed by atoms with E-state index in [1.807, 2.05) is 6.07 Å². The predicted molar refractivity (Wildman–Crippen MR) is 49.0 cm³/mol. The number of nitrogens with zero attached hydrogens (tertiary/aromatic N) is 1. The SMILES string of the molecule is CSC(=O)c1ccc(C#N)cc1. The Morgan fingerprint density at radius 3 is 2.42 bits per heavy atom. The number of hydrogen-bond donors (Lipinski definition) is 0. The van der Waals surface area contributed by atoms with Crippen molar-refractivity contribution in [3.63, 3.8) is 0 Å². The molecule has 3 heteroatoms. The van der Waals surface area contributed by atoms with Crippen molar-refractivity contribution in [3.8, 4) is 6.07 Å². The summed E-state index contributed by atoms with van der Waals surface area (Å²) in [5, 5.41) is 8.51. The molecule has 0 radical (unpaired) electrons. The van der Waals surface area contributed by atoms with Crippen LogP contribution in [0.15, 0.2) is 24.3 Å². The van der Waals surface area contributed by atoms with E-state index in [1.165, 1.54) is 11.8 Å². The van der Waals surface area contributed by atoms with Crippen LogP contribution in [-0.4, -0.2) is 11.4 Å². The van der Waals surface area contributed by atoms with Crippen LogP contribution in [0.4, 0.5) is 0 Å². The van der Waals surface area contributed by atoms with Gasteiger partial charge in [-0.05, 0) is 30.5 Å². The standard InChI is InChI=1S/C9H7NOS/c1-12-9(11)8-4-2-7(6-10)3-5-8/h2-5H,1H3. The van der Waals surface area contributed by atoms with Gasteiger partial charge < -0.3 is 0 Å². The lowest BCUT2D eigenvalue weighted by Gasteiger charge is -1.95. The molecule has 0 fully saturated rings. The van der Waals surface area contributed by atoms with E-state index >= 15 is 0 Å². The largest absolute Gasteiger partial charge is 0.282 e. The third kappa shape index (κ3) is 1.86. The Morgan fingerprint density at radius 2 is 2.00 bits per heavy atom. The number of rotatable bonds is 1. The number of thioether (sulfide) groups is 1. The van der Waals surface area contributed by atoms with E-state index in [0.717, 1.165) is 0 Å². The molecule has 1 aromatic carbocycles. The molecule has 0 spiro atoms. The molecule has 0 heterocycles. The van der Waals surface area contributed by atoms with Gasteiger partial charge in [-0.3, -0.25) is 4.79 Å². The van der Waals surface area contributed by atoms with Crippen LogP contribution in [0.3, 0.4) is 0 Å². The summed E-state index contributed by atoms with van der Waals surface area (Å²) in [6.45, 7) is 0. The molecule has 0 aliphatic heterocycles. The lowest BCUT2D eigenvalue weighted by atomic mass is 10.2. The van der Waals surface area contributed by atoms with E-state index in [9.17, 15) is 4.79 Å². The van der Waals surface area contributed by atoms with E-state index in [0.29, 0.717) is 11.1 Å². The highest BCUT2D eigenvalue weighted by Gasteiger charge is 2.01. The highest BCUT2D eigenvalue weighted by Crippen LogP contribution is 2.09. The van der Waals surface area contributed by atoms with Gasteiger partial charge in [0.15, 0.2) is 0 Å². The van der Waals surface area contributed by atoms with Crippen molar-refractivity contribution in [1.82, 2.24) is 0 Å². The zero-order chi connectivity index (χ0) is 8.97. The minimum absolute atomic E-state index is 0.0273. The van der Waals surface area contributed by atoms with E-state index in [2.05, 4.69) is 0 Å². The van der Waals surface area contributed by atoms with Crippen LogP contribution in [0.5, 0.6) is 0 Å². The molecule has 0 aliphatic carbocycles. The van der Waals surface area contributed by atoms with Crippen molar-refractivity contribution in [2.75, 3.05) is 6.26 Å². The summed E-state index contributed by atoms with van der Waals surface area (Å²) in [4.78, 5) is 11.1. The van der Waals surface area contributed by atoms with Crippen molar-refractivity contribution in [3.05, 3.63) is 35.4 Å². The second-order valence-corrected chi connectivity index (χ2v) is 2.96. The Kier molecular flexibility index (Phi) is 2.89. The summed E-state index contributed by atoms with van der Waals surface area (Å²) < 4.78 is 0. The van der Waals surface area contributed by atoms with Gasteiger partial charge >= 0.3 is 0 Å². The smallest absolute Gasteiger partial charge is 0.219 e.